The molecule has 0 radical (unpaired) electrons. The number of hydrogen-bond donors (Lipinski definition) is 3. The summed E-state index contributed by atoms with van der Waals surface area (Å²) in [5, 5.41) is 3.07. The Kier molecular flexibility index (Phi) is 4.06. The molecule has 0 rings (SSSR count). The summed E-state index contributed by atoms with van der Waals surface area (Å²) in [4.78, 5) is 15.2. The molecule has 70 valence electrons. The first-order chi connectivity index (χ1) is 5.45. The van der Waals surface area contributed by atoms with Gasteiger partial charge < -0.3 is 22.0 Å². The summed E-state index contributed by atoms with van der Waals surface area (Å²) in [6, 6.07) is -0.701. The van der Waals surface area contributed by atoms with Crippen molar-refractivity contribution in [2.75, 3.05) is 0 Å². The molecule has 0 aromatic heterocycles. The highest BCUT2D eigenvalue weighted by Crippen LogP contribution is 2.00. The maximum absolute atomic E-state index is 10.9. The van der Waals surface area contributed by atoms with Crippen molar-refractivity contribution in [1.82, 2.24) is 0 Å². The minimum absolute atomic E-state index is 0.00769. The molecule has 0 saturated carbocycles. The summed E-state index contributed by atoms with van der Waals surface area (Å²) in [5.74, 6) is -0.954. The van der Waals surface area contributed by atoms with Crippen LogP contribution in [-0.2, 0) is 9.63 Å². The molecule has 0 amide bonds. The van der Waals surface area contributed by atoms with Gasteiger partial charge in [-0.1, -0.05) is 13.8 Å². The fourth-order valence-corrected chi connectivity index (χ4v) is 0.431. The number of guanidine groups is 1. The van der Waals surface area contributed by atoms with Crippen LogP contribution in [0, 0.1) is 5.92 Å². The number of nitrogens with two attached hydrogens (primary N) is 3. The summed E-state index contributed by atoms with van der Waals surface area (Å²) >= 11 is 0. The van der Waals surface area contributed by atoms with Crippen LogP contribution < -0.4 is 17.2 Å². The van der Waals surface area contributed by atoms with Gasteiger partial charge in [-0.25, -0.2) is 4.79 Å². The highest BCUT2D eigenvalue weighted by Gasteiger charge is 2.18. The molecule has 0 bridgehead atoms. The standard InChI is InChI=1S/C6H14N4O2/c1-3(2)4(7)5(11)12-10-6(8)9/h3-4H,7H2,1-2H3,(H4,8,9,10)/t4-/m0/s1. The van der Waals surface area contributed by atoms with Crippen LogP contribution in [0.15, 0.2) is 5.16 Å². The molecular formula is C6H14N4O2. The fourth-order valence-electron chi connectivity index (χ4n) is 0.431. The fraction of sp³-hybridized carbons (Fsp3) is 0.667. The van der Waals surface area contributed by atoms with E-state index in [2.05, 4.69) is 9.99 Å². The number of nitrogens with zero attached hydrogens (tertiary/aromatic N) is 1. The lowest BCUT2D eigenvalue weighted by Gasteiger charge is -2.10. The van der Waals surface area contributed by atoms with Crippen LogP contribution in [0.3, 0.4) is 0 Å². The van der Waals surface area contributed by atoms with E-state index in [-0.39, 0.29) is 11.9 Å². The summed E-state index contributed by atoms with van der Waals surface area (Å²) in [5.41, 5.74) is 15.3. The third-order valence-corrected chi connectivity index (χ3v) is 1.23. The van der Waals surface area contributed by atoms with Crippen molar-refractivity contribution in [1.29, 1.82) is 0 Å². The molecule has 0 aromatic carbocycles. The Morgan fingerprint density at radius 3 is 2.25 bits per heavy atom. The molecule has 6 nitrogen and oxygen atoms in total. The van der Waals surface area contributed by atoms with Crippen molar-refractivity contribution < 1.29 is 9.63 Å². The first-order valence-corrected chi connectivity index (χ1v) is 3.50. The molecular weight excluding hydrogens is 160 g/mol. The predicted molar refractivity (Wildman–Crippen MR) is 44.7 cm³/mol. The number of carbonyl (C=O) groups excluding carboxylic acids is 1. The molecule has 0 aromatic rings. The van der Waals surface area contributed by atoms with Gasteiger partial charge in [0.2, 0.25) is 5.96 Å². The van der Waals surface area contributed by atoms with Crippen LogP contribution >= 0.6 is 0 Å². The largest absolute Gasteiger partial charge is 0.367 e. The van der Waals surface area contributed by atoms with Gasteiger partial charge in [0.1, 0.15) is 6.04 Å². The molecule has 6 N–H and O–H groups in total. The second kappa shape index (κ2) is 4.55. The summed E-state index contributed by atoms with van der Waals surface area (Å²) in [6.07, 6.45) is 0. The molecule has 0 aliphatic heterocycles. The molecule has 0 aliphatic carbocycles. The Bertz CT molecular complexity index is 186. The van der Waals surface area contributed by atoms with Crippen molar-refractivity contribution in [3.8, 4) is 0 Å². The van der Waals surface area contributed by atoms with Crippen LogP contribution in [0.4, 0.5) is 0 Å². The quantitative estimate of drug-likeness (QED) is 0.213. The third kappa shape index (κ3) is 3.77. The van der Waals surface area contributed by atoms with Crippen molar-refractivity contribution >= 4 is 11.9 Å². The molecule has 0 fully saturated rings. The highest BCUT2D eigenvalue weighted by atomic mass is 16.7. The van der Waals surface area contributed by atoms with Crippen molar-refractivity contribution in [3.63, 3.8) is 0 Å². The third-order valence-electron chi connectivity index (χ3n) is 1.23. The van der Waals surface area contributed by atoms with Crippen LogP contribution in [0.5, 0.6) is 0 Å². The zero-order valence-electron chi connectivity index (χ0n) is 7.15. The summed E-state index contributed by atoms with van der Waals surface area (Å²) < 4.78 is 0. The monoisotopic (exact) mass is 174 g/mol. The van der Waals surface area contributed by atoms with E-state index in [1.54, 1.807) is 13.8 Å². The van der Waals surface area contributed by atoms with E-state index < -0.39 is 12.0 Å². The molecule has 0 unspecified atom stereocenters. The van der Waals surface area contributed by atoms with Crippen molar-refractivity contribution in [3.05, 3.63) is 0 Å². The molecule has 0 aliphatic rings. The number of oxime groups is 1. The number of carbonyl (C=O) groups is 1. The van der Waals surface area contributed by atoms with Crippen molar-refractivity contribution in [2.24, 2.45) is 28.3 Å². The lowest BCUT2D eigenvalue weighted by atomic mass is 10.1. The Morgan fingerprint density at radius 2 is 1.92 bits per heavy atom. The van der Waals surface area contributed by atoms with E-state index in [0.717, 1.165) is 0 Å². The van der Waals surface area contributed by atoms with Gasteiger partial charge in [0, 0.05) is 0 Å². The van der Waals surface area contributed by atoms with Gasteiger partial charge in [-0.3, -0.25) is 0 Å². The van der Waals surface area contributed by atoms with Crippen LogP contribution in [0.1, 0.15) is 13.8 Å². The summed E-state index contributed by atoms with van der Waals surface area (Å²) in [7, 11) is 0. The van der Waals surface area contributed by atoms with Crippen LogP contribution in [0.2, 0.25) is 0 Å². The minimum atomic E-state index is -0.701. The first-order valence-electron chi connectivity index (χ1n) is 3.50. The average Bonchev–Trinajstić information content (AvgIpc) is 1.98. The molecule has 12 heavy (non-hydrogen) atoms. The van der Waals surface area contributed by atoms with Gasteiger partial charge in [-0.15, -0.1) is 0 Å². The van der Waals surface area contributed by atoms with E-state index in [4.69, 9.17) is 17.2 Å². The van der Waals surface area contributed by atoms with E-state index in [9.17, 15) is 4.79 Å². The van der Waals surface area contributed by atoms with Gasteiger partial charge in [-0.05, 0) is 11.1 Å². The number of rotatable bonds is 3. The molecule has 0 spiro atoms. The van der Waals surface area contributed by atoms with E-state index in [1.165, 1.54) is 0 Å². The first kappa shape index (κ1) is 10.7. The van der Waals surface area contributed by atoms with E-state index >= 15 is 0 Å². The topological polar surface area (TPSA) is 117 Å². The smallest absolute Gasteiger partial charge is 0.351 e. The second-order valence-corrected chi connectivity index (χ2v) is 2.70. The maximum Gasteiger partial charge on any atom is 0.351 e. The second-order valence-electron chi connectivity index (χ2n) is 2.70. The maximum atomic E-state index is 10.9. The minimum Gasteiger partial charge on any atom is -0.367 e. The van der Waals surface area contributed by atoms with Gasteiger partial charge in [0.05, 0.1) is 0 Å². The SMILES string of the molecule is CC(C)[C@H](N)C(=O)ON=C(N)N. The van der Waals surface area contributed by atoms with Crippen LogP contribution in [-0.4, -0.2) is 18.0 Å². The van der Waals surface area contributed by atoms with E-state index in [1.807, 2.05) is 0 Å². The van der Waals surface area contributed by atoms with Gasteiger partial charge in [0.25, 0.3) is 0 Å². The van der Waals surface area contributed by atoms with Gasteiger partial charge in [-0.2, -0.15) is 0 Å². The van der Waals surface area contributed by atoms with Gasteiger partial charge >= 0.3 is 5.97 Å². The molecule has 6 heteroatoms. The lowest BCUT2D eigenvalue weighted by Crippen LogP contribution is -2.37. The Balaban J connectivity index is 3.97. The average molecular weight is 174 g/mol. The normalized spacial score (nSPS) is 12.3. The lowest BCUT2D eigenvalue weighted by molar-refractivity contribution is -0.146. The van der Waals surface area contributed by atoms with Gasteiger partial charge in [0.15, 0.2) is 0 Å². The Labute approximate surface area is 70.7 Å². The zero-order chi connectivity index (χ0) is 9.72. The molecule has 1 atom stereocenters. The molecule has 0 saturated heterocycles. The highest BCUT2D eigenvalue weighted by molar-refractivity contribution is 5.79. The summed E-state index contributed by atoms with van der Waals surface area (Å²) in [6.45, 7) is 3.59. The zero-order valence-corrected chi connectivity index (χ0v) is 7.15. The number of hydrogen-bond acceptors (Lipinski definition) is 4. The van der Waals surface area contributed by atoms with Crippen LogP contribution in [0.25, 0.3) is 0 Å². The van der Waals surface area contributed by atoms with Crippen molar-refractivity contribution in [2.45, 2.75) is 19.9 Å². The molecule has 0 heterocycles. The Hall–Kier alpha value is -1.30. The Morgan fingerprint density at radius 1 is 1.42 bits per heavy atom. The van der Waals surface area contributed by atoms with E-state index in [0.29, 0.717) is 0 Å². The predicted octanol–water partition coefficient (Wildman–Crippen LogP) is -1.30.